The second-order valence-corrected chi connectivity index (χ2v) is 5.60. The smallest absolute Gasteiger partial charge is 0.199 e. The molecule has 0 aliphatic heterocycles. The summed E-state index contributed by atoms with van der Waals surface area (Å²) in [6.45, 7) is 8.37. The standard InChI is InChI=1S/C15H21N3OS/c1-5-11(4)19-13-8-6-7-12(9-13)18-14(10(2)3)16-17-15(18)20/h6-11H,5H2,1-4H3,(H,17,20). The molecule has 0 radical (unpaired) electrons. The number of ether oxygens (including phenoxy) is 1. The van der Waals surface area contributed by atoms with Crippen LogP contribution in [0.15, 0.2) is 24.3 Å². The fourth-order valence-electron chi connectivity index (χ4n) is 1.96. The number of aromatic nitrogens is 3. The van der Waals surface area contributed by atoms with E-state index in [9.17, 15) is 0 Å². The van der Waals surface area contributed by atoms with E-state index < -0.39 is 0 Å². The van der Waals surface area contributed by atoms with Gasteiger partial charge in [0.1, 0.15) is 11.6 Å². The lowest BCUT2D eigenvalue weighted by molar-refractivity contribution is 0.217. The van der Waals surface area contributed by atoms with Crippen molar-refractivity contribution in [3.8, 4) is 11.4 Å². The Kier molecular flexibility index (Phi) is 4.60. The van der Waals surface area contributed by atoms with E-state index in [2.05, 4.69) is 37.9 Å². The van der Waals surface area contributed by atoms with E-state index in [0.717, 1.165) is 23.7 Å². The number of aromatic amines is 1. The van der Waals surface area contributed by atoms with E-state index in [-0.39, 0.29) is 6.10 Å². The Balaban J connectivity index is 2.41. The summed E-state index contributed by atoms with van der Waals surface area (Å²) in [6, 6.07) is 7.96. The Hall–Kier alpha value is -1.62. The van der Waals surface area contributed by atoms with Gasteiger partial charge >= 0.3 is 0 Å². The molecule has 108 valence electrons. The Bertz CT molecular complexity index is 630. The molecule has 2 aromatic rings. The van der Waals surface area contributed by atoms with Gasteiger partial charge in [-0.2, -0.15) is 5.10 Å². The first-order valence-corrected chi connectivity index (χ1v) is 7.38. The fraction of sp³-hybridized carbons (Fsp3) is 0.467. The maximum Gasteiger partial charge on any atom is 0.199 e. The van der Waals surface area contributed by atoms with Crippen LogP contribution in [-0.4, -0.2) is 20.9 Å². The van der Waals surface area contributed by atoms with Gasteiger partial charge in [-0.05, 0) is 37.7 Å². The minimum Gasteiger partial charge on any atom is -0.491 e. The van der Waals surface area contributed by atoms with Crippen LogP contribution in [0.4, 0.5) is 0 Å². The van der Waals surface area contributed by atoms with Crippen molar-refractivity contribution in [2.45, 2.75) is 46.1 Å². The maximum atomic E-state index is 5.86. The largest absolute Gasteiger partial charge is 0.491 e. The van der Waals surface area contributed by atoms with Gasteiger partial charge < -0.3 is 4.74 Å². The van der Waals surface area contributed by atoms with E-state index in [1.807, 2.05) is 28.8 Å². The summed E-state index contributed by atoms with van der Waals surface area (Å²) in [6.07, 6.45) is 1.18. The zero-order chi connectivity index (χ0) is 14.7. The van der Waals surface area contributed by atoms with Crippen LogP contribution in [0.2, 0.25) is 0 Å². The summed E-state index contributed by atoms with van der Waals surface area (Å²) in [5.74, 6) is 2.08. The molecule has 20 heavy (non-hydrogen) atoms. The topological polar surface area (TPSA) is 42.8 Å². The molecule has 1 aromatic heterocycles. The van der Waals surface area contributed by atoms with Crippen LogP contribution in [0.5, 0.6) is 5.75 Å². The molecule has 2 rings (SSSR count). The molecule has 0 aliphatic rings. The molecule has 0 saturated heterocycles. The molecule has 0 amide bonds. The number of benzene rings is 1. The highest BCUT2D eigenvalue weighted by Gasteiger charge is 2.12. The van der Waals surface area contributed by atoms with Crippen molar-refractivity contribution in [3.63, 3.8) is 0 Å². The van der Waals surface area contributed by atoms with Gasteiger partial charge in [0.05, 0.1) is 11.8 Å². The number of hydrogen-bond donors (Lipinski definition) is 1. The van der Waals surface area contributed by atoms with Crippen molar-refractivity contribution in [1.29, 1.82) is 0 Å². The van der Waals surface area contributed by atoms with Crippen molar-refractivity contribution < 1.29 is 4.74 Å². The minimum atomic E-state index is 0.201. The Morgan fingerprint density at radius 3 is 2.75 bits per heavy atom. The third-order valence-electron chi connectivity index (χ3n) is 3.20. The average molecular weight is 291 g/mol. The Labute approximate surface area is 124 Å². The SMILES string of the molecule is CCC(C)Oc1cccc(-n2c(C(C)C)n[nH]c2=S)c1. The van der Waals surface area contributed by atoms with Crippen LogP contribution in [-0.2, 0) is 0 Å². The highest BCUT2D eigenvalue weighted by Crippen LogP contribution is 2.22. The van der Waals surface area contributed by atoms with Crippen LogP contribution in [0.25, 0.3) is 5.69 Å². The van der Waals surface area contributed by atoms with Crippen LogP contribution in [0.1, 0.15) is 45.9 Å². The summed E-state index contributed by atoms with van der Waals surface area (Å²) in [7, 11) is 0. The quantitative estimate of drug-likeness (QED) is 0.838. The molecule has 0 bridgehead atoms. The molecule has 1 aromatic carbocycles. The zero-order valence-electron chi connectivity index (χ0n) is 12.4. The third-order valence-corrected chi connectivity index (χ3v) is 3.48. The summed E-state index contributed by atoms with van der Waals surface area (Å²) < 4.78 is 8.43. The Morgan fingerprint density at radius 1 is 1.35 bits per heavy atom. The van der Waals surface area contributed by atoms with Crippen molar-refractivity contribution in [3.05, 3.63) is 34.9 Å². The van der Waals surface area contributed by atoms with Gasteiger partial charge in [-0.3, -0.25) is 9.67 Å². The molecule has 1 atom stereocenters. The highest BCUT2D eigenvalue weighted by molar-refractivity contribution is 7.71. The summed E-state index contributed by atoms with van der Waals surface area (Å²) in [5, 5.41) is 7.17. The van der Waals surface area contributed by atoms with E-state index in [0.29, 0.717) is 10.7 Å². The molecule has 0 fully saturated rings. The summed E-state index contributed by atoms with van der Waals surface area (Å²) >= 11 is 5.33. The predicted molar refractivity (Wildman–Crippen MR) is 83.2 cm³/mol. The first kappa shape index (κ1) is 14.8. The molecule has 1 unspecified atom stereocenters. The molecule has 1 heterocycles. The lowest BCUT2D eigenvalue weighted by Gasteiger charge is -2.14. The highest BCUT2D eigenvalue weighted by atomic mass is 32.1. The van der Waals surface area contributed by atoms with Crippen LogP contribution < -0.4 is 4.74 Å². The summed E-state index contributed by atoms with van der Waals surface area (Å²) in [4.78, 5) is 0. The van der Waals surface area contributed by atoms with Crippen LogP contribution in [0.3, 0.4) is 0 Å². The lowest BCUT2D eigenvalue weighted by atomic mass is 10.2. The Morgan fingerprint density at radius 2 is 2.10 bits per heavy atom. The van der Waals surface area contributed by atoms with Gasteiger partial charge in [-0.15, -0.1) is 0 Å². The molecular weight excluding hydrogens is 270 g/mol. The number of nitrogens with one attached hydrogen (secondary N) is 1. The van der Waals surface area contributed by atoms with Crippen molar-refractivity contribution >= 4 is 12.2 Å². The third kappa shape index (κ3) is 3.10. The van der Waals surface area contributed by atoms with Gasteiger partial charge in [0.15, 0.2) is 4.77 Å². The van der Waals surface area contributed by atoms with Crippen molar-refractivity contribution in [2.75, 3.05) is 0 Å². The number of H-pyrrole nitrogens is 1. The molecule has 5 heteroatoms. The predicted octanol–water partition coefficient (Wildman–Crippen LogP) is 4.23. The van der Waals surface area contributed by atoms with Gasteiger partial charge in [0, 0.05) is 12.0 Å². The lowest BCUT2D eigenvalue weighted by Crippen LogP contribution is -2.10. The number of rotatable bonds is 5. The van der Waals surface area contributed by atoms with Gasteiger partial charge in [-0.25, -0.2) is 0 Å². The molecular formula is C15H21N3OS. The number of nitrogens with zero attached hydrogens (tertiary/aromatic N) is 2. The van der Waals surface area contributed by atoms with Gasteiger partial charge in [-0.1, -0.05) is 26.8 Å². The maximum absolute atomic E-state index is 5.86. The van der Waals surface area contributed by atoms with E-state index in [4.69, 9.17) is 17.0 Å². The van der Waals surface area contributed by atoms with E-state index >= 15 is 0 Å². The fourth-order valence-corrected chi connectivity index (χ4v) is 2.20. The monoisotopic (exact) mass is 291 g/mol. The average Bonchev–Trinajstić information content (AvgIpc) is 2.81. The van der Waals surface area contributed by atoms with Crippen molar-refractivity contribution in [2.24, 2.45) is 0 Å². The minimum absolute atomic E-state index is 0.201. The van der Waals surface area contributed by atoms with Crippen LogP contribution in [0, 0.1) is 4.77 Å². The van der Waals surface area contributed by atoms with E-state index in [1.165, 1.54) is 0 Å². The van der Waals surface area contributed by atoms with Gasteiger partial charge in [0.2, 0.25) is 0 Å². The second kappa shape index (κ2) is 6.22. The van der Waals surface area contributed by atoms with Crippen LogP contribution >= 0.6 is 12.2 Å². The molecule has 1 N–H and O–H groups in total. The summed E-state index contributed by atoms with van der Waals surface area (Å²) in [5.41, 5.74) is 0.980. The second-order valence-electron chi connectivity index (χ2n) is 5.21. The normalized spacial score (nSPS) is 12.7. The molecule has 0 spiro atoms. The first-order valence-electron chi connectivity index (χ1n) is 6.97. The van der Waals surface area contributed by atoms with E-state index in [1.54, 1.807) is 0 Å². The zero-order valence-corrected chi connectivity index (χ0v) is 13.2. The number of hydrogen-bond acceptors (Lipinski definition) is 3. The van der Waals surface area contributed by atoms with Gasteiger partial charge in [0.25, 0.3) is 0 Å². The molecule has 0 aliphatic carbocycles. The first-order chi connectivity index (χ1) is 9.52. The van der Waals surface area contributed by atoms with Crippen molar-refractivity contribution in [1.82, 2.24) is 14.8 Å². The molecule has 0 saturated carbocycles. The molecule has 4 nitrogen and oxygen atoms in total.